The Labute approximate surface area is 278 Å². The molecule has 3 atom stereocenters. The Bertz CT molecular complexity index is 1870. The minimum absolute atomic E-state index is 0.0181. The van der Waals surface area contributed by atoms with Crippen LogP contribution in [0.15, 0.2) is 42.0 Å². The molecule has 1 aromatic carbocycles. The fourth-order valence-corrected chi connectivity index (χ4v) is 6.92. The highest BCUT2D eigenvalue weighted by Crippen LogP contribution is 2.44. The highest BCUT2D eigenvalue weighted by molar-refractivity contribution is 6.33. The number of anilines is 2. The molecule has 0 spiro atoms. The second kappa shape index (κ2) is 12.3. The van der Waals surface area contributed by atoms with Gasteiger partial charge in [-0.15, -0.1) is 0 Å². The van der Waals surface area contributed by atoms with Crippen LogP contribution in [-0.4, -0.2) is 91.7 Å². The third kappa shape index (κ3) is 5.80. The number of hydrogen-bond acceptors (Lipinski definition) is 10. The number of Topliss-reactive ketones (excluding diaryl/α,β-unsaturated/α-hetero) is 1. The first-order valence-electron chi connectivity index (χ1n) is 15.3. The summed E-state index contributed by atoms with van der Waals surface area (Å²) in [4.78, 5) is 63.6. The molecule has 2 N–H and O–H groups in total. The molecule has 3 aromatic rings. The van der Waals surface area contributed by atoms with Crippen molar-refractivity contribution in [2.45, 2.75) is 57.3 Å². The van der Waals surface area contributed by atoms with Crippen molar-refractivity contribution < 1.29 is 32.7 Å². The number of fused-ring (bicyclic) bond motifs is 3. The lowest BCUT2D eigenvalue weighted by molar-refractivity contribution is -0.137. The second-order valence-corrected chi connectivity index (χ2v) is 12.6. The number of halogens is 4. The fraction of sp³-hybridized carbons (Fsp3) is 0.406. The molecule has 2 saturated heterocycles. The largest absolute Gasteiger partial charge is 0.504 e. The molecule has 2 aromatic heterocycles. The molecular formula is C32H32ClF3N8O4. The minimum atomic E-state index is -4.60. The number of hydrogen-bond donors (Lipinski definition) is 2. The van der Waals surface area contributed by atoms with Gasteiger partial charge < -0.3 is 25.1 Å². The Morgan fingerprint density at radius 1 is 1.15 bits per heavy atom. The SMILES string of the molecule is CCC1=C(N2C[C@@H]3C[C@H]2CN3C(=O)c2ncnc(C)c2O)C(=O)c2nc(N(C)C)cnc2C1CC(=O)Nc1ccc(C(F)(F)F)cc1Cl. The number of rotatable bonds is 7. The quantitative estimate of drug-likeness (QED) is 0.363. The summed E-state index contributed by atoms with van der Waals surface area (Å²) in [5.74, 6) is -1.80. The maximum atomic E-state index is 14.3. The number of ketones is 1. The maximum absolute atomic E-state index is 14.3. The van der Waals surface area contributed by atoms with Gasteiger partial charge in [0.15, 0.2) is 11.4 Å². The summed E-state index contributed by atoms with van der Waals surface area (Å²) in [5.41, 5.74) is 0.794. The molecule has 16 heteroatoms. The van der Waals surface area contributed by atoms with E-state index in [-0.39, 0.29) is 64.4 Å². The Morgan fingerprint density at radius 2 is 1.90 bits per heavy atom. The lowest BCUT2D eigenvalue weighted by Crippen LogP contribution is -2.50. The summed E-state index contributed by atoms with van der Waals surface area (Å²) in [5, 5.41) is 12.8. The van der Waals surface area contributed by atoms with Crippen molar-refractivity contribution in [3.8, 4) is 5.75 Å². The molecule has 0 saturated carbocycles. The third-order valence-electron chi connectivity index (χ3n) is 9.07. The maximum Gasteiger partial charge on any atom is 0.416 e. The van der Waals surface area contributed by atoms with E-state index in [4.69, 9.17) is 11.6 Å². The summed E-state index contributed by atoms with van der Waals surface area (Å²) in [6.07, 6.45) is -1.06. The normalized spacial score (nSPS) is 20.3. The number of nitrogens with one attached hydrogen (secondary N) is 1. The van der Waals surface area contributed by atoms with Crippen molar-refractivity contribution >= 4 is 40.7 Å². The molecule has 48 heavy (non-hydrogen) atoms. The van der Waals surface area contributed by atoms with Crippen molar-refractivity contribution in [1.29, 1.82) is 0 Å². The number of carbonyl (C=O) groups excluding carboxylic acids is 3. The van der Waals surface area contributed by atoms with Gasteiger partial charge in [-0.2, -0.15) is 13.2 Å². The third-order valence-corrected chi connectivity index (χ3v) is 9.38. The summed E-state index contributed by atoms with van der Waals surface area (Å²) in [6.45, 7) is 4.07. The van der Waals surface area contributed by atoms with E-state index in [9.17, 15) is 32.7 Å². The van der Waals surface area contributed by atoms with Gasteiger partial charge in [0.1, 0.15) is 17.8 Å². The van der Waals surface area contributed by atoms with Crippen LogP contribution in [0.1, 0.15) is 70.0 Å². The summed E-state index contributed by atoms with van der Waals surface area (Å²) < 4.78 is 39.5. The zero-order valence-corrected chi connectivity index (χ0v) is 27.2. The molecule has 252 valence electrons. The number of benzene rings is 1. The lowest BCUT2D eigenvalue weighted by Gasteiger charge is -2.40. The smallest absolute Gasteiger partial charge is 0.416 e. The predicted molar refractivity (Wildman–Crippen MR) is 169 cm³/mol. The average Bonchev–Trinajstić information content (AvgIpc) is 3.65. The standard InChI is InChI=1S/C32H32ClF3N8O4/c1-5-19-20(10-24(45)40-22-7-6-16(8-21(22)33)32(34,35)36)25-26(41-23(11-37-25)42(3)4)30(47)28(19)43-12-18-9-17(43)13-44(18)31(48)27-29(46)15(2)38-14-39-27/h6-8,11,14,17-18,20,46H,5,9-10,12-13H2,1-4H3,(H,40,45)/t17-,18-,20?/m0/s1. The molecule has 0 radical (unpaired) electrons. The topological polar surface area (TPSA) is 145 Å². The second-order valence-electron chi connectivity index (χ2n) is 12.2. The van der Waals surface area contributed by atoms with Gasteiger partial charge in [0.05, 0.1) is 45.6 Å². The molecule has 4 heterocycles. The van der Waals surface area contributed by atoms with Gasteiger partial charge in [-0.3, -0.25) is 19.4 Å². The number of piperazine rings is 1. The molecule has 1 unspecified atom stereocenters. The van der Waals surface area contributed by atoms with Crippen LogP contribution in [0.25, 0.3) is 0 Å². The highest BCUT2D eigenvalue weighted by Gasteiger charge is 2.50. The van der Waals surface area contributed by atoms with E-state index in [0.717, 1.165) is 18.2 Å². The van der Waals surface area contributed by atoms with E-state index < -0.39 is 29.5 Å². The number of likely N-dealkylation sites (tertiary alicyclic amines) is 2. The zero-order valence-electron chi connectivity index (χ0n) is 26.5. The van der Waals surface area contributed by atoms with Crippen molar-refractivity contribution in [2.24, 2.45) is 0 Å². The molecule has 2 bridgehead atoms. The number of amides is 2. The van der Waals surface area contributed by atoms with Crippen LogP contribution >= 0.6 is 11.6 Å². The predicted octanol–water partition coefficient (Wildman–Crippen LogP) is 4.59. The van der Waals surface area contributed by atoms with Gasteiger partial charge in [-0.1, -0.05) is 18.5 Å². The van der Waals surface area contributed by atoms with Crippen molar-refractivity contribution in [1.82, 2.24) is 29.7 Å². The van der Waals surface area contributed by atoms with E-state index >= 15 is 0 Å². The molecule has 2 amide bonds. The summed E-state index contributed by atoms with van der Waals surface area (Å²) >= 11 is 6.11. The van der Waals surface area contributed by atoms with Crippen LogP contribution in [0.3, 0.4) is 0 Å². The van der Waals surface area contributed by atoms with Gasteiger partial charge in [0.2, 0.25) is 11.7 Å². The Kier molecular flexibility index (Phi) is 8.52. The lowest BCUT2D eigenvalue weighted by atomic mass is 9.80. The molecule has 2 aliphatic heterocycles. The van der Waals surface area contributed by atoms with Gasteiger partial charge in [-0.25, -0.2) is 15.0 Å². The van der Waals surface area contributed by atoms with Crippen LogP contribution in [0.5, 0.6) is 5.75 Å². The molecule has 2 fully saturated rings. The van der Waals surface area contributed by atoms with Gasteiger partial charge in [0.25, 0.3) is 5.91 Å². The Morgan fingerprint density at radius 3 is 2.52 bits per heavy atom. The number of alkyl halides is 3. The van der Waals surface area contributed by atoms with Crippen LogP contribution in [0, 0.1) is 6.92 Å². The van der Waals surface area contributed by atoms with Gasteiger partial charge >= 0.3 is 6.18 Å². The first-order valence-corrected chi connectivity index (χ1v) is 15.6. The molecular weight excluding hydrogens is 653 g/mol. The van der Waals surface area contributed by atoms with E-state index in [2.05, 4.69) is 25.3 Å². The van der Waals surface area contributed by atoms with Crippen LogP contribution in [-0.2, 0) is 11.0 Å². The summed E-state index contributed by atoms with van der Waals surface area (Å²) in [7, 11) is 3.53. The van der Waals surface area contributed by atoms with Crippen LogP contribution < -0.4 is 10.2 Å². The van der Waals surface area contributed by atoms with Crippen molar-refractivity contribution in [2.75, 3.05) is 37.4 Å². The molecule has 3 aliphatic rings. The molecule has 1 aliphatic carbocycles. The fourth-order valence-electron chi connectivity index (χ4n) is 6.69. The van der Waals surface area contributed by atoms with E-state index in [1.807, 2.05) is 11.8 Å². The first kappa shape index (κ1) is 33.1. The number of nitrogens with zero attached hydrogens (tertiary/aromatic N) is 7. The van der Waals surface area contributed by atoms with E-state index in [1.165, 1.54) is 12.5 Å². The van der Waals surface area contributed by atoms with Gasteiger partial charge in [-0.05, 0) is 43.5 Å². The van der Waals surface area contributed by atoms with E-state index in [1.54, 1.807) is 30.8 Å². The average molecular weight is 685 g/mol. The number of aromatic nitrogens is 4. The highest BCUT2D eigenvalue weighted by atomic mass is 35.5. The molecule has 12 nitrogen and oxygen atoms in total. The number of aryl methyl sites for hydroxylation is 1. The number of aromatic hydroxyl groups is 1. The van der Waals surface area contributed by atoms with E-state index in [0.29, 0.717) is 42.2 Å². The van der Waals surface area contributed by atoms with Crippen LogP contribution in [0.2, 0.25) is 5.02 Å². The first-order chi connectivity index (χ1) is 22.7. The van der Waals surface area contributed by atoms with Crippen LogP contribution in [0.4, 0.5) is 24.7 Å². The van der Waals surface area contributed by atoms with Crippen molar-refractivity contribution in [3.63, 3.8) is 0 Å². The molecule has 6 rings (SSSR count). The number of carbonyl (C=O) groups is 3. The Balaban J connectivity index is 1.31. The Hall–Kier alpha value is -4.79. The number of allylic oxidation sites excluding steroid dienone is 2. The van der Waals surface area contributed by atoms with Gasteiger partial charge in [0, 0.05) is 45.6 Å². The van der Waals surface area contributed by atoms with Crippen molar-refractivity contribution in [3.05, 3.63) is 75.4 Å². The summed E-state index contributed by atoms with van der Waals surface area (Å²) in [6, 6.07) is 2.20. The zero-order chi connectivity index (χ0) is 34.7. The monoisotopic (exact) mass is 684 g/mol. The minimum Gasteiger partial charge on any atom is -0.504 e.